The second-order valence-electron chi connectivity index (χ2n) is 4.02. The molecule has 3 heteroatoms. The third kappa shape index (κ3) is 0.692. The Hall–Kier alpha value is -2.16. The van der Waals surface area contributed by atoms with Crippen molar-refractivity contribution in [2.45, 2.75) is 5.60 Å². The van der Waals surface area contributed by atoms with Crippen molar-refractivity contribution in [2.75, 3.05) is 0 Å². The van der Waals surface area contributed by atoms with Gasteiger partial charge in [0.15, 0.2) is 0 Å². The van der Waals surface area contributed by atoms with Crippen LogP contribution in [0, 0.1) is 0 Å². The van der Waals surface area contributed by atoms with E-state index in [1.807, 2.05) is 36.4 Å². The van der Waals surface area contributed by atoms with Crippen molar-refractivity contribution in [3.63, 3.8) is 0 Å². The maximum atomic E-state index is 11.6. The van der Waals surface area contributed by atoms with E-state index in [1.165, 1.54) is 0 Å². The zero-order valence-electron chi connectivity index (χ0n) is 8.31. The molecular weight excluding hydrogens is 202 g/mol. The van der Waals surface area contributed by atoms with Crippen molar-refractivity contribution in [2.24, 2.45) is 0 Å². The number of carbonyl (C=O) groups is 1. The smallest absolute Gasteiger partial charge is 0.362 e. The lowest BCUT2D eigenvalue weighted by molar-refractivity contribution is -0.117. The first-order chi connectivity index (χ1) is 7.84. The first-order valence-corrected chi connectivity index (χ1v) is 5.13. The Bertz CT molecular complexity index is 588. The van der Waals surface area contributed by atoms with Gasteiger partial charge in [-0.05, 0) is 6.07 Å². The number of carbonyl (C=O) groups excluding carboxylic acids is 1. The molecule has 1 unspecified atom stereocenters. The number of rotatable bonds is 0. The maximum Gasteiger partial charge on any atom is 0.362 e. The SMILES string of the molecule is O=C1OC12c1ccccc1-c1ncccc12. The molecule has 2 heterocycles. The van der Waals surface area contributed by atoms with E-state index in [0.29, 0.717) is 0 Å². The molecule has 2 aromatic rings. The summed E-state index contributed by atoms with van der Waals surface area (Å²) in [6.45, 7) is 0. The third-order valence-corrected chi connectivity index (χ3v) is 3.24. The molecule has 0 bridgehead atoms. The van der Waals surface area contributed by atoms with Crippen molar-refractivity contribution in [3.05, 3.63) is 53.7 Å². The van der Waals surface area contributed by atoms with E-state index >= 15 is 0 Å². The van der Waals surface area contributed by atoms with E-state index in [1.54, 1.807) is 6.20 Å². The number of hydrogen-bond donors (Lipinski definition) is 0. The Kier molecular flexibility index (Phi) is 1.17. The van der Waals surface area contributed by atoms with E-state index < -0.39 is 5.60 Å². The fourth-order valence-electron chi connectivity index (χ4n) is 2.49. The van der Waals surface area contributed by atoms with E-state index in [9.17, 15) is 4.79 Å². The number of epoxide rings is 1. The minimum atomic E-state index is -0.833. The Morgan fingerprint density at radius 2 is 1.81 bits per heavy atom. The van der Waals surface area contributed by atoms with Crippen LogP contribution in [0.25, 0.3) is 11.3 Å². The molecule has 0 amide bonds. The molecule has 1 atom stereocenters. The summed E-state index contributed by atoms with van der Waals surface area (Å²) in [6.07, 6.45) is 1.74. The van der Waals surface area contributed by atoms with Crippen LogP contribution in [0.1, 0.15) is 11.1 Å². The molecule has 1 saturated heterocycles. The van der Waals surface area contributed by atoms with Gasteiger partial charge in [0, 0.05) is 22.9 Å². The lowest BCUT2D eigenvalue weighted by Gasteiger charge is -2.00. The quantitative estimate of drug-likeness (QED) is 0.622. The molecule has 2 aliphatic rings. The number of fused-ring (bicyclic) bond motifs is 5. The Morgan fingerprint density at radius 1 is 1.06 bits per heavy atom. The summed E-state index contributed by atoms with van der Waals surface area (Å²) >= 11 is 0. The van der Waals surface area contributed by atoms with Crippen LogP contribution >= 0.6 is 0 Å². The highest BCUT2D eigenvalue weighted by molar-refractivity contribution is 6.05. The van der Waals surface area contributed by atoms with Crippen LogP contribution in [0.15, 0.2) is 42.6 Å². The second-order valence-corrected chi connectivity index (χ2v) is 4.02. The molecule has 0 radical (unpaired) electrons. The molecule has 76 valence electrons. The lowest BCUT2D eigenvalue weighted by Crippen LogP contribution is -2.08. The molecule has 4 rings (SSSR count). The third-order valence-electron chi connectivity index (χ3n) is 3.24. The van der Waals surface area contributed by atoms with Crippen LogP contribution in [-0.2, 0) is 15.1 Å². The number of hydrogen-bond acceptors (Lipinski definition) is 3. The molecule has 3 nitrogen and oxygen atoms in total. The van der Waals surface area contributed by atoms with Gasteiger partial charge in [-0.3, -0.25) is 4.98 Å². The first kappa shape index (κ1) is 8.05. The lowest BCUT2D eigenvalue weighted by atomic mass is 9.98. The fraction of sp³-hybridized carbons (Fsp3) is 0.0769. The predicted octanol–water partition coefficient (Wildman–Crippen LogP) is 1.86. The summed E-state index contributed by atoms with van der Waals surface area (Å²) in [5.74, 6) is -0.174. The number of ether oxygens (including phenoxy) is 1. The van der Waals surface area contributed by atoms with Gasteiger partial charge in [-0.1, -0.05) is 30.3 Å². The number of pyridine rings is 1. The Labute approximate surface area is 91.7 Å². The molecule has 0 N–H and O–H groups in total. The van der Waals surface area contributed by atoms with Gasteiger partial charge < -0.3 is 4.74 Å². The van der Waals surface area contributed by atoms with Gasteiger partial charge >= 0.3 is 5.97 Å². The fourth-order valence-corrected chi connectivity index (χ4v) is 2.49. The molecule has 1 aromatic heterocycles. The molecule has 1 spiro atoms. The number of nitrogens with zero attached hydrogens (tertiary/aromatic N) is 1. The zero-order chi connectivity index (χ0) is 10.8. The molecule has 16 heavy (non-hydrogen) atoms. The molecule has 1 aromatic carbocycles. The summed E-state index contributed by atoms with van der Waals surface area (Å²) < 4.78 is 5.24. The molecule has 0 saturated carbocycles. The highest BCUT2D eigenvalue weighted by Gasteiger charge is 2.66. The summed E-state index contributed by atoms with van der Waals surface area (Å²) in [6, 6.07) is 11.5. The summed E-state index contributed by atoms with van der Waals surface area (Å²) in [4.78, 5) is 15.9. The minimum absolute atomic E-state index is 0.174. The largest absolute Gasteiger partial charge is 0.433 e. The van der Waals surface area contributed by atoms with Gasteiger partial charge in [0.2, 0.25) is 0 Å². The number of benzene rings is 1. The summed E-state index contributed by atoms with van der Waals surface area (Å²) in [5, 5.41) is 0. The van der Waals surface area contributed by atoms with Crippen molar-refractivity contribution in [1.29, 1.82) is 0 Å². The average molecular weight is 209 g/mol. The van der Waals surface area contributed by atoms with Crippen LogP contribution in [0.2, 0.25) is 0 Å². The first-order valence-electron chi connectivity index (χ1n) is 5.13. The number of aromatic nitrogens is 1. The minimum Gasteiger partial charge on any atom is -0.433 e. The van der Waals surface area contributed by atoms with Gasteiger partial charge in [0.05, 0.1) is 5.69 Å². The van der Waals surface area contributed by atoms with Crippen molar-refractivity contribution >= 4 is 5.97 Å². The average Bonchev–Trinajstić information content (AvgIpc) is 2.93. The van der Waals surface area contributed by atoms with Gasteiger partial charge in [-0.2, -0.15) is 0 Å². The van der Waals surface area contributed by atoms with Crippen molar-refractivity contribution < 1.29 is 9.53 Å². The summed E-state index contributed by atoms with van der Waals surface area (Å²) in [7, 11) is 0. The van der Waals surface area contributed by atoms with E-state index in [-0.39, 0.29) is 5.97 Å². The van der Waals surface area contributed by atoms with Gasteiger partial charge in [0.25, 0.3) is 5.60 Å². The van der Waals surface area contributed by atoms with E-state index in [4.69, 9.17) is 4.74 Å². The highest BCUT2D eigenvalue weighted by Crippen LogP contribution is 2.56. The molecule has 1 fully saturated rings. The second kappa shape index (κ2) is 2.32. The Morgan fingerprint density at radius 3 is 2.62 bits per heavy atom. The van der Waals surface area contributed by atoms with Crippen molar-refractivity contribution in [1.82, 2.24) is 4.98 Å². The van der Waals surface area contributed by atoms with Gasteiger partial charge in [-0.15, -0.1) is 0 Å². The maximum absolute atomic E-state index is 11.6. The normalized spacial score (nSPS) is 23.9. The zero-order valence-corrected chi connectivity index (χ0v) is 8.31. The van der Waals surface area contributed by atoms with Crippen LogP contribution in [0.4, 0.5) is 0 Å². The van der Waals surface area contributed by atoms with E-state index in [0.717, 1.165) is 22.4 Å². The van der Waals surface area contributed by atoms with Crippen molar-refractivity contribution in [3.8, 4) is 11.3 Å². The van der Waals surface area contributed by atoms with E-state index in [2.05, 4.69) is 4.98 Å². The predicted molar refractivity (Wildman–Crippen MR) is 56.5 cm³/mol. The molecule has 1 aliphatic heterocycles. The Balaban J connectivity index is 2.16. The van der Waals surface area contributed by atoms with Gasteiger partial charge in [0.1, 0.15) is 0 Å². The standard InChI is InChI=1S/C13H7NO2/c15-12-13(16-12)9-5-2-1-4-8(9)11-10(13)6-3-7-14-11/h1-7H. The van der Waals surface area contributed by atoms with Crippen LogP contribution in [0.5, 0.6) is 0 Å². The van der Waals surface area contributed by atoms with Crippen LogP contribution in [-0.4, -0.2) is 11.0 Å². The summed E-state index contributed by atoms with van der Waals surface area (Å²) in [5.41, 5.74) is 2.84. The molecular formula is C13H7NO2. The monoisotopic (exact) mass is 209 g/mol. The van der Waals surface area contributed by atoms with Gasteiger partial charge in [-0.25, -0.2) is 4.79 Å². The highest BCUT2D eigenvalue weighted by atomic mass is 16.7. The van der Waals surface area contributed by atoms with Crippen LogP contribution < -0.4 is 0 Å². The topological polar surface area (TPSA) is 42.5 Å². The molecule has 1 aliphatic carbocycles. The van der Waals surface area contributed by atoms with Crippen LogP contribution in [0.3, 0.4) is 0 Å².